The molecule has 0 radical (unpaired) electrons. The van der Waals surface area contributed by atoms with Crippen LogP contribution < -0.4 is 68.9 Å². The molecule has 0 fully saturated rings. The Morgan fingerprint density at radius 1 is 1.33 bits per heavy atom. The summed E-state index contributed by atoms with van der Waals surface area (Å²) in [4.78, 5) is 19.4. The predicted octanol–water partition coefficient (Wildman–Crippen LogP) is -6.68. The molecular weight excluding hydrogens is 161 g/mol. The van der Waals surface area contributed by atoms with Crippen LogP contribution in [-0.4, -0.2) is 6.16 Å². The molecule has 0 aliphatic heterocycles. The SMILES string of the molecule is CCCP(=O)([O-])[O-].[Na+].[Na+]. The second-order valence-corrected chi connectivity index (χ2v) is 3.00. The Balaban J connectivity index is -0.000000180. The van der Waals surface area contributed by atoms with Crippen molar-refractivity contribution in [2.45, 2.75) is 13.3 Å². The van der Waals surface area contributed by atoms with Crippen LogP contribution in [-0.2, 0) is 4.57 Å². The van der Waals surface area contributed by atoms with Crippen LogP contribution in [0.3, 0.4) is 0 Å². The Labute approximate surface area is 99.3 Å². The Morgan fingerprint density at radius 3 is 1.67 bits per heavy atom. The van der Waals surface area contributed by atoms with E-state index in [-0.39, 0.29) is 65.3 Å². The van der Waals surface area contributed by atoms with Gasteiger partial charge in [0.2, 0.25) is 0 Å². The van der Waals surface area contributed by atoms with E-state index in [0.717, 1.165) is 0 Å². The van der Waals surface area contributed by atoms with E-state index in [1.54, 1.807) is 6.92 Å². The van der Waals surface area contributed by atoms with Crippen LogP contribution in [0.1, 0.15) is 13.3 Å². The van der Waals surface area contributed by atoms with Crippen LogP contribution in [0.5, 0.6) is 0 Å². The topological polar surface area (TPSA) is 63.2 Å². The van der Waals surface area contributed by atoms with Gasteiger partial charge in [0.1, 0.15) is 0 Å². The molecule has 9 heavy (non-hydrogen) atoms. The van der Waals surface area contributed by atoms with E-state index in [9.17, 15) is 14.4 Å². The molecule has 0 saturated carbocycles. The summed E-state index contributed by atoms with van der Waals surface area (Å²) in [5.41, 5.74) is 0. The van der Waals surface area contributed by atoms with Crippen LogP contribution >= 0.6 is 7.60 Å². The molecule has 0 saturated heterocycles. The molecule has 0 N–H and O–H groups in total. The zero-order valence-electron chi connectivity index (χ0n) is 6.09. The number of hydrogen-bond donors (Lipinski definition) is 0. The summed E-state index contributed by atoms with van der Waals surface area (Å²) in [7, 11) is -4.17. The molecule has 0 aliphatic rings. The van der Waals surface area contributed by atoms with Crippen molar-refractivity contribution in [3.8, 4) is 0 Å². The summed E-state index contributed by atoms with van der Waals surface area (Å²) in [5, 5.41) is 0. The van der Waals surface area contributed by atoms with Gasteiger partial charge in [0.15, 0.2) is 0 Å². The van der Waals surface area contributed by atoms with Crippen molar-refractivity contribution in [2.75, 3.05) is 6.16 Å². The zero-order valence-corrected chi connectivity index (χ0v) is 11.0. The van der Waals surface area contributed by atoms with E-state index in [1.807, 2.05) is 0 Å². The minimum Gasteiger partial charge on any atom is -0.811 e. The maximum absolute atomic E-state index is 9.70. The molecule has 0 heterocycles. The zero-order chi connectivity index (χ0) is 5.91. The second-order valence-electron chi connectivity index (χ2n) is 1.33. The third kappa shape index (κ3) is 17.8. The summed E-state index contributed by atoms with van der Waals surface area (Å²) in [5.74, 6) is 0. The van der Waals surface area contributed by atoms with Crippen molar-refractivity contribution in [1.29, 1.82) is 0 Å². The van der Waals surface area contributed by atoms with Crippen molar-refractivity contribution >= 4 is 7.60 Å². The fourth-order valence-electron chi connectivity index (χ4n) is 0.274. The summed E-state index contributed by atoms with van der Waals surface area (Å²) in [6.45, 7) is 1.66. The van der Waals surface area contributed by atoms with Crippen molar-refractivity contribution < 1.29 is 73.5 Å². The standard InChI is InChI=1S/C3H9O3P.2Na/c1-2-3-7(4,5)6;;/h2-3H2,1H3,(H2,4,5,6);;/q;2*+1/p-2. The second kappa shape index (κ2) is 8.25. The first-order valence-corrected chi connectivity index (χ1v) is 3.80. The van der Waals surface area contributed by atoms with E-state index in [0.29, 0.717) is 6.42 Å². The monoisotopic (exact) mass is 168 g/mol. The molecule has 0 aromatic rings. The Hall–Kier alpha value is 2.15. The smallest absolute Gasteiger partial charge is 0.811 e. The fraction of sp³-hybridized carbons (Fsp3) is 1.00. The van der Waals surface area contributed by atoms with Crippen molar-refractivity contribution in [3.63, 3.8) is 0 Å². The molecule has 44 valence electrons. The van der Waals surface area contributed by atoms with Gasteiger partial charge in [-0.2, -0.15) is 0 Å². The van der Waals surface area contributed by atoms with E-state index in [1.165, 1.54) is 0 Å². The molecule has 0 aliphatic carbocycles. The molecule has 0 spiro atoms. The van der Waals surface area contributed by atoms with Gasteiger partial charge in [-0.1, -0.05) is 20.9 Å². The van der Waals surface area contributed by atoms with Gasteiger partial charge in [-0.3, -0.25) is 0 Å². The molecule has 0 atom stereocenters. The molecule has 0 aromatic carbocycles. The first-order valence-electron chi connectivity index (χ1n) is 2.07. The average Bonchev–Trinajstić information content (AvgIpc) is 1.30. The van der Waals surface area contributed by atoms with Gasteiger partial charge in [0.25, 0.3) is 0 Å². The minimum absolute atomic E-state index is 0. The van der Waals surface area contributed by atoms with Gasteiger partial charge in [0, 0.05) is 0 Å². The normalized spacial score (nSPS) is 9.22. The Morgan fingerprint density at radius 2 is 1.67 bits per heavy atom. The summed E-state index contributed by atoms with van der Waals surface area (Å²) >= 11 is 0. The van der Waals surface area contributed by atoms with E-state index >= 15 is 0 Å². The Kier molecular flexibility index (Phi) is 15.8. The quantitative estimate of drug-likeness (QED) is 0.304. The van der Waals surface area contributed by atoms with Crippen LogP contribution in [0.4, 0.5) is 0 Å². The summed E-state index contributed by atoms with van der Waals surface area (Å²) in [6, 6.07) is 0. The molecule has 0 unspecified atom stereocenters. The van der Waals surface area contributed by atoms with Gasteiger partial charge < -0.3 is 14.4 Å². The fourth-order valence-corrected chi connectivity index (χ4v) is 0.822. The molecule has 6 heteroatoms. The maximum atomic E-state index is 9.70. The molecular formula is C3H7Na2O3P. The third-order valence-corrected chi connectivity index (χ3v) is 1.49. The van der Waals surface area contributed by atoms with Crippen LogP contribution in [0.15, 0.2) is 0 Å². The van der Waals surface area contributed by atoms with Gasteiger partial charge in [-0.05, 0) is 6.16 Å². The first-order chi connectivity index (χ1) is 3.06. The van der Waals surface area contributed by atoms with Gasteiger partial charge in [-0.15, -0.1) is 0 Å². The van der Waals surface area contributed by atoms with Gasteiger partial charge >= 0.3 is 59.1 Å². The number of hydrogen-bond acceptors (Lipinski definition) is 3. The van der Waals surface area contributed by atoms with Crippen molar-refractivity contribution in [2.24, 2.45) is 0 Å². The van der Waals surface area contributed by atoms with E-state index < -0.39 is 7.60 Å². The van der Waals surface area contributed by atoms with Gasteiger partial charge in [-0.25, -0.2) is 0 Å². The third-order valence-electron chi connectivity index (χ3n) is 0.497. The van der Waals surface area contributed by atoms with Crippen LogP contribution in [0, 0.1) is 0 Å². The molecule has 3 nitrogen and oxygen atoms in total. The maximum Gasteiger partial charge on any atom is 1.00 e. The summed E-state index contributed by atoms with van der Waals surface area (Å²) < 4.78 is 9.70. The molecule has 0 bridgehead atoms. The van der Waals surface area contributed by atoms with E-state index in [2.05, 4.69) is 0 Å². The Bertz CT molecular complexity index is 91.1. The van der Waals surface area contributed by atoms with E-state index in [4.69, 9.17) is 0 Å². The molecule has 0 aromatic heterocycles. The molecule has 0 amide bonds. The summed E-state index contributed by atoms with van der Waals surface area (Å²) in [6.07, 6.45) is 0.206. The largest absolute Gasteiger partial charge is 1.00 e. The predicted molar refractivity (Wildman–Crippen MR) is 22.8 cm³/mol. The average molecular weight is 168 g/mol. The number of rotatable bonds is 2. The van der Waals surface area contributed by atoms with Crippen molar-refractivity contribution in [3.05, 3.63) is 0 Å². The first kappa shape index (κ1) is 17.3. The van der Waals surface area contributed by atoms with Crippen LogP contribution in [0.2, 0.25) is 0 Å². The van der Waals surface area contributed by atoms with Crippen molar-refractivity contribution in [1.82, 2.24) is 0 Å². The minimum atomic E-state index is -4.17. The molecule has 0 rings (SSSR count). The van der Waals surface area contributed by atoms with Gasteiger partial charge in [0.05, 0.1) is 0 Å². The van der Waals surface area contributed by atoms with Crippen LogP contribution in [0.25, 0.3) is 0 Å².